The summed E-state index contributed by atoms with van der Waals surface area (Å²) in [7, 11) is 0. The van der Waals surface area contributed by atoms with E-state index in [1.54, 1.807) is 0 Å². The van der Waals surface area contributed by atoms with Crippen LogP contribution in [0, 0.1) is 11.6 Å². The topological polar surface area (TPSA) is 26.0 Å². The van der Waals surface area contributed by atoms with Gasteiger partial charge in [0.1, 0.15) is 17.9 Å². The lowest BCUT2D eigenvalue weighted by molar-refractivity contribution is 0.556. The van der Waals surface area contributed by atoms with Gasteiger partial charge in [-0.2, -0.15) is 0 Å². The number of aromatic nitrogens is 1. The Morgan fingerprint density at radius 1 is 1.25 bits per heavy atom. The van der Waals surface area contributed by atoms with E-state index in [1.165, 1.54) is 6.26 Å². The van der Waals surface area contributed by atoms with Gasteiger partial charge < -0.3 is 4.42 Å². The summed E-state index contributed by atoms with van der Waals surface area (Å²) in [6.07, 6.45) is 1.29. The van der Waals surface area contributed by atoms with Gasteiger partial charge in [0.2, 0.25) is 5.89 Å². The van der Waals surface area contributed by atoms with Gasteiger partial charge in [0.15, 0.2) is 0 Å². The molecule has 2 rings (SSSR count). The average molecular weight is 264 g/mol. The van der Waals surface area contributed by atoms with E-state index < -0.39 is 11.6 Å². The molecular formula is C10H5Cl2F2NO. The number of oxazole rings is 1. The first-order valence-electron chi connectivity index (χ1n) is 4.27. The summed E-state index contributed by atoms with van der Waals surface area (Å²) in [6.45, 7) is 0. The minimum absolute atomic E-state index is 0.0243. The molecule has 0 radical (unpaired) electrons. The average Bonchev–Trinajstić information content (AvgIpc) is 2.71. The van der Waals surface area contributed by atoms with Crippen LogP contribution in [0.15, 0.2) is 22.8 Å². The molecule has 0 aliphatic carbocycles. The van der Waals surface area contributed by atoms with Crippen LogP contribution in [0.25, 0.3) is 11.5 Å². The van der Waals surface area contributed by atoms with Gasteiger partial charge in [-0.3, -0.25) is 0 Å². The summed E-state index contributed by atoms with van der Waals surface area (Å²) in [5.41, 5.74) is 0.365. The van der Waals surface area contributed by atoms with Crippen LogP contribution in [0.2, 0.25) is 5.02 Å². The molecule has 16 heavy (non-hydrogen) atoms. The van der Waals surface area contributed by atoms with Gasteiger partial charge in [-0.25, -0.2) is 13.8 Å². The highest BCUT2D eigenvalue weighted by Crippen LogP contribution is 2.27. The maximum atomic E-state index is 13.4. The molecule has 0 amide bonds. The standard InChI is InChI=1S/C10H5Cl2F2NO/c11-3-5-4-16-10(15-5)6-1-9(14)7(12)2-8(6)13/h1-2,4H,3H2. The molecule has 0 unspecified atom stereocenters. The Bertz CT molecular complexity index is 528. The lowest BCUT2D eigenvalue weighted by Crippen LogP contribution is -1.88. The zero-order valence-electron chi connectivity index (χ0n) is 7.81. The Hall–Kier alpha value is -1.13. The van der Waals surface area contributed by atoms with E-state index in [0.717, 1.165) is 12.1 Å². The highest BCUT2D eigenvalue weighted by atomic mass is 35.5. The first-order chi connectivity index (χ1) is 7.61. The van der Waals surface area contributed by atoms with Crippen molar-refractivity contribution in [2.45, 2.75) is 5.88 Å². The molecule has 0 saturated heterocycles. The van der Waals surface area contributed by atoms with Gasteiger partial charge in [0, 0.05) is 0 Å². The maximum Gasteiger partial charge on any atom is 0.229 e. The Balaban J connectivity index is 2.51. The predicted molar refractivity (Wildman–Crippen MR) is 56.4 cm³/mol. The zero-order chi connectivity index (χ0) is 11.7. The van der Waals surface area contributed by atoms with Crippen LogP contribution in [0.5, 0.6) is 0 Å². The fourth-order valence-electron chi connectivity index (χ4n) is 1.18. The minimum Gasteiger partial charge on any atom is -0.444 e. The molecule has 0 aliphatic rings. The van der Waals surface area contributed by atoms with Crippen LogP contribution in [-0.4, -0.2) is 4.98 Å². The molecule has 2 aromatic rings. The van der Waals surface area contributed by atoms with Crippen LogP contribution in [0.1, 0.15) is 5.69 Å². The second-order valence-electron chi connectivity index (χ2n) is 3.02. The summed E-state index contributed by atoms with van der Waals surface area (Å²) >= 11 is 10.9. The van der Waals surface area contributed by atoms with E-state index in [2.05, 4.69) is 4.98 Å². The van der Waals surface area contributed by atoms with Gasteiger partial charge in [-0.05, 0) is 12.1 Å². The monoisotopic (exact) mass is 263 g/mol. The third-order valence-corrected chi connectivity index (χ3v) is 2.49. The predicted octanol–water partition coefficient (Wildman–Crippen LogP) is 4.01. The number of alkyl halides is 1. The van der Waals surface area contributed by atoms with E-state index in [0.29, 0.717) is 5.69 Å². The number of rotatable bonds is 2. The smallest absolute Gasteiger partial charge is 0.229 e. The van der Waals surface area contributed by atoms with Crippen LogP contribution < -0.4 is 0 Å². The van der Waals surface area contributed by atoms with Crippen LogP contribution in [0.4, 0.5) is 8.78 Å². The van der Waals surface area contributed by atoms with Gasteiger partial charge in [0.05, 0.1) is 22.2 Å². The lowest BCUT2D eigenvalue weighted by Gasteiger charge is -2.00. The molecule has 0 aliphatic heterocycles. The molecule has 1 heterocycles. The van der Waals surface area contributed by atoms with Gasteiger partial charge in [0.25, 0.3) is 0 Å². The van der Waals surface area contributed by atoms with Crippen molar-refractivity contribution in [2.75, 3.05) is 0 Å². The highest BCUT2D eigenvalue weighted by Gasteiger charge is 2.14. The molecule has 0 atom stereocenters. The van der Waals surface area contributed by atoms with E-state index in [1.807, 2.05) is 0 Å². The number of benzene rings is 1. The maximum absolute atomic E-state index is 13.4. The van der Waals surface area contributed by atoms with Gasteiger partial charge in [-0.15, -0.1) is 11.6 Å². The number of halogens is 4. The van der Waals surface area contributed by atoms with Crippen molar-refractivity contribution in [3.63, 3.8) is 0 Å². The Kier molecular flexibility index (Phi) is 3.12. The molecule has 1 aromatic heterocycles. The molecule has 2 nitrogen and oxygen atoms in total. The van der Waals surface area contributed by atoms with E-state index in [-0.39, 0.29) is 22.4 Å². The molecule has 0 saturated carbocycles. The number of hydrogen-bond acceptors (Lipinski definition) is 2. The van der Waals surface area contributed by atoms with Crippen LogP contribution >= 0.6 is 23.2 Å². The normalized spacial score (nSPS) is 10.8. The summed E-state index contributed by atoms with van der Waals surface area (Å²) in [4.78, 5) is 3.88. The fraction of sp³-hybridized carbons (Fsp3) is 0.100. The van der Waals surface area contributed by atoms with E-state index in [4.69, 9.17) is 27.6 Å². The SMILES string of the molecule is Fc1cc(-c2nc(CCl)co2)c(F)cc1Cl. The summed E-state index contributed by atoms with van der Waals surface area (Å²) < 4.78 is 31.6. The van der Waals surface area contributed by atoms with Crippen molar-refractivity contribution in [3.8, 4) is 11.5 Å². The Morgan fingerprint density at radius 3 is 2.62 bits per heavy atom. The van der Waals surface area contributed by atoms with Gasteiger partial charge in [-0.1, -0.05) is 11.6 Å². The molecule has 0 bridgehead atoms. The Morgan fingerprint density at radius 2 is 2.00 bits per heavy atom. The van der Waals surface area contributed by atoms with Crippen LogP contribution in [-0.2, 0) is 5.88 Å². The van der Waals surface area contributed by atoms with Crippen LogP contribution in [0.3, 0.4) is 0 Å². The summed E-state index contributed by atoms with van der Waals surface area (Å²) in [5.74, 6) is -1.32. The first kappa shape index (κ1) is 11.4. The number of nitrogens with zero attached hydrogens (tertiary/aromatic N) is 1. The first-order valence-corrected chi connectivity index (χ1v) is 5.18. The lowest BCUT2D eigenvalue weighted by atomic mass is 10.2. The molecule has 6 heteroatoms. The second-order valence-corrected chi connectivity index (χ2v) is 3.70. The molecule has 0 spiro atoms. The Labute approximate surface area is 99.8 Å². The van der Waals surface area contributed by atoms with E-state index >= 15 is 0 Å². The minimum atomic E-state index is -0.733. The molecule has 0 fully saturated rings. The summed E-state index contributed by atoms with van der Waals surface area (Å²) in [6, 6.07) is 1.80. The molecule has 1 aromatic carbocycles. The third kappa shape index (κ3) is 2.03. The second kappa shape index (κ2) is 4.39. The third-order valence-electron chi connectivity index (χ3n) is 1.93. The fourth-order valence-corrected chi connectivity index (χ4v) is 1.45. The van der Waals surface area contributed by atoms with Crippen molar-refractivity contribution < 1.29 is 13.2 Å². The zero-order valence-corrected chi connectivity index (χ0v) is 9.32. The van der Waals surface area contributed by atoms with E-state index in [9.17, 15) is 8.78 Å². The van der Waals surface area contributed by atoms with Crippen molar-refractivity contribution in [2.24, 2.45) is 0 Å². The highest BCUT2D eigenvalue weighted by molar-refractivity contribution is 6.30. The summed E-state index contributed by atoms with van der Waals surface area (Å²) in [5, 5.41) is -0.287. The van der Waals surface area contributed by atoms with Crippen molar-refractivity contribution in [1.82, 2.24) is 4.98 Å². The molecule has 0 N–H and O–H groups in total. The molecular weight excluding hydrogens is 259 g/mol. The number of hydrogen-bond donors (Lipinski definition) is 0. The van der Waals surface area contributed by atoms with Crippen molar-refractivity contribution in [1.29, 1.82) is 0 Å². The van der Waals surface area contributed by atoms with Crippen molar-refractivity contribution >= 4 is 23.2 Å². The quantitative estimate of drug-likeness (QED) is 0.605. The van der Waals surface area contributed by atoms with Crippen molar-refractivity contribution in [3.05, 3.63) is 40.7 Å². The van der Waals surface area contributed by atoms with Gasteiger partial charge >= 0.3 is 0 Å². The largest absolute Gasteiger partial charge is 0.444 e. The molecule has 84 valence electrons.